The van der Waals surface area contributed by atoms with Gasteiger partial charge in [-0.05, 0) is 36.4 Å². The summed E-state index contributed by atoms with van der Waals surface area (Å²) in [6.07, 6.45) is 0. The van der Waals surface area contributed by atoms with Crippen LogP contribution in [0.25, 0.3) is 22.8 Å². The summed E-state index contributed by atoms with van der Waals surface area (Å²) < 4.78 is 21.2. The van der Waals surface area contributed by atoms with E-state index in [9.17, 15) is 0 Å². The molecule has 8 nitrogen and oxygen atoms in total. The number of methoxy groups -OCH3 is 4. The first-order valence-corrected chi connectivity index (χ1v) is 8.06. The van der Waals surface area contributed by atoms with Gasteiger partial charge in [-0.1, -0.05) is 0 Å². The molecule has 1 heterocycles. The molecule has 2 N–H and O–H groups in total. The van der Waals surface area contributed by atoms with Crippen molar-refractivity contribution in [2.24, 2.45) is 0 Å². The van der Waals surface area contributed by atoms with Gasteiger partial charge in [0.15, 0.2) is 34.6 Å². The van der Waals surface area contributed by atoms with Crippen molar-refractivity contribution in [2.75, 3.05) is 34.2 Å². The largest absolute Gasteiger partial charge is 0.493 e. The van der Waals surface area contributed by atoms with Crippen molar-refractivity contribution in [3.05, 3.63) is 36.4 Å². The average molecular weight is 368 g/mol. The molecule has 3 rings (SSSR count). The van der Waals surface area contributed by atoms with Crippen molar-refractivity contribution in [2.45, 2.75) is 0 Å². The smallest absolute Gasteiger partial charge is 0.224 e. The third kappa shape index (κ3) is 3.69. The van der Waals surface area contributed by atoms with E-state index >= 15 is 0 Å². The molecule has 0 bridgehead atoms. The number of benzene rings is 2. The Kier molecular flexibility index (Phi) is 5.25. The number of hydrogen-bond donors (Lipinski definition) is 1. The number of rotatable bonds is 6. The second-order valence-corrected chi connectivity index (χ2v) is 5.48. The number of ether oxygens (including phenoxy) is 4. The van der Waals surface area contributed by atoms with Crippen LogP contribution >= 0.6 is 0 Å². The standard InChI is InChI=1S/C19H20N4O4/c1-24-13-7-5-11(9-15(13)26-3)17-21-18(23-19(20)22-17)12-6-8-14(25-2)16(10-12)27-4/h5-10H,1-4H3,(H2,20,21,22,23). The third-order valence-electron chi connectivity index (χ3n) is 3.94. The summed E-state index contributed by atoms with van der Waals surface area (Å²) in [5.74, 6) is 3.33. The highest BCUT2D eigenvalue weighted by Crippen LogP contribution is 2.33. The second-order valence-electron chi connectivity index (χ2n) is 5.48. The second kappa shape index (κ2) is 7.77. The monoisotopic (exact) mass is 368 g/mol. The van der Waals surface area contributed by atoms with Gasteiger partial charge in [0.05, 0.1) is 28.4 Å². The first-order chi connectivity index (χ1) is 13.1. The fraction of sp³-hybridized carbons (Fsp3) is 0.211. The minimum Gasteiger partial charge on any atom is -0.493 e. The van der Waals surface area contributed by atoms with Gasteiger partial charge in [-0.15, -0.1) is 0 Å². The van der Waals surface area contributed by atoms with Gasteiger partial charge < -0.3 is 24.7 Å². The van der Waals surface area contributed by atoms with Crippen molar-refractivity contribution in [1.29, 1.82) is 0 Å². The van der Waals surface area contributed by atoms with E-state index in [4.69, 9.17) is 24.7 Å². The Morgan fingerprint density at radius 2 is 1.00 bits per heavy atom. The van der Waals surface area contributed by atoms with Gasteiger partial charge in [0, 0.05) is 11.1 Å². The zero-order valence-electron chi connectivity index (χ0n) is 15.5. The maximum absolute atomic E-state index is 5.91. The molecule has 0 fully saturated rings. The first kappa shape index (κ1) is 18.2. The molecular formula is C19H20N4O4. The van der Waals surface area contributed by atoms with E-state index < -0.39 is 0 Å². The van der Waals surface area contributed by atoms with E-state index in [-0.39, 0.29) is 5.95 Å². The third-order valence-corrected chi connectivity index (χ3v) is 3.94. The van der Waals surface area contributed by atoms with Gasteiger partial charge in [-0.25, -0.2) is 4.98 Å². The maximum atomic E-state index is 5.91. The van der Waals surface area contributed by atoms with Crippen molar-refractivity contribution in [3.63, 3.8) is 0 Å². The number of hydrogen-bond acceptors (Lipinski definition) is 8. The molecule has 0 aliphatic heterocycles. The lowest BCUT2D eigenvalue weighted by Crippen LogP contribution is -2.03. The summed E-state index contributed by atoms with van der Waals surface area (Å²) in [6.45, 7) is 0. The van der Waals surface area contributed by atoms with Crippen LogP contribution in [0.3, 0.4) is 0 Å². The Morgan fingerprint density at radius 1 is 0.593 bits per heavy atom. The van der Waals surface area contributed by atoms with E-state index in [0.29, 0.717) is 34.6 Å². The van der Waals surface area contributed by atoms with Gasteiger partial charge in [0.25, 0.3) is 0 Å². The number of aromatic nitrogens is 3. The maximum Gasteiger partial charge on any atom is 0.224 e. The molecule has 8 heteroatoms. The van der Waals surface area contributed by atoms with Crippen molar-refractivity contribution in [1.82, 2.24) is 15.0 Å². The van der Waals surface area contributed by atoms with E-state index in [1.165, 1.54) is 0 Å². The molecule has 0 saturated carbocycles. The van der Waals surface area contributed by atoms with Gasteiger partial charge in [-0.3, -0.25) is 0 Å². The number of nitrogens with two attached hydrogens (primary N) is 1. The molecule has 0 amide bonds. The zero-order chi connectivity index (χ0) is 19.4. The van der Waals surface area contributed by atoms with Crippen LogP contribution in [0.5, 0.6) is 23.0 Å². The van der Waals surface area contributed by atoms with Crippen molar-refractivity contribution < 1.29 is 18.9 Å². The molecule has 140 valence electrons. The molecule has 2 aromatic carbocycles. The molecule has 0 radical (unpaired) electrons. The van der Waals surface area contributed by atoms with Crippen LogP contribution in [0.1, 0.15) is 0 Å². The molecule has 0 atom stereocenters. The highest BCUT2D eigenvalue weighted by Gasteiger charge is 2.14. The molecule has 0 aliphatic carbocycles. The number of nitrogen functional groups attached to an aromatic ring is 1. The first-order valence-electron chi connectivity index (χ1n) is 8.06. The number of anilines is 1. The predicted octanol–water partition coefficient (Wildman–Crippen LogP) is 2.82. The van der Waals surface area contributed by atoms with Crippen LogP contribution in [0.4, 0.5) is 5.95 Å². The minimum absolute atomic E-state index is 0.111. The Labute approximate surface area is 156 Å². The van der Waals surface area contributed by atoms with Crippen LogP contribution in [0.2, 0.25) is 0 Å². The van der Waals surface area contributed by atoms with Crippen LogP contribution in [0, 0.1) is 0 Å². The fourth-order valence-electron chi connectivity index (χ4n) is 2.60. The van der Waals surface area contributed by atoms with Gasteiger partial charge in [0.2, 0.25) is 5.95 Å². The lowest BCUT2D eigenvalue weighted by atomic mass is 10.1. The SMILES string of the molecule is COc1ccc(-c2nc(N)nc(-c3ccc(OC)c(OC)c3)n2)cc1OC. The zero-order valence-corrected chi connectivity index (χ0v) is 15.5. The quantitative estimate of drug-likeness (QED) is 0.709. The van der Waals surface area contributed by atoms with E-state index in [1.54, 1.807) is 52.7 Å². The van der Waals surface area contributed by atoms with Crippen LogP contribution in [-0.2, 0) is 0 Å². The lowest BCUT2D eigenvalue weighted by molar-refractivity contribution is 0.355. The molecular weight excluding hydrogens is 348 g/mol. The number of nitrogens with zero attached hydrogens (tertiary/aromatic N) is 3. The predicted molar refractivity (Wildman–Crippen MR) is 101 cm³/mol. The highest BCUT2D eigenvalue weighted by molar-refractivity contribution is 5.67. The lowest BCUT2D eigenvalue weighted by Gasteiger charge is -2.11. The molecule has 0 saturated heterocycles. The fourth-order valence-corrected chi connectivity index (χ4v) is 2.60. The molecule has 1 aromatic heterocycles. The summed E-state index contributed by atoms with van der Waals surface area (Å²) in [7, 11) is 6.29. The minimum atomic E-state index is 0.111. The molecule has 27 heavy (non-hydrogen) atoms. The molecule has 3 aromatic rings. The van der Waals surface area contributed by atoms with E-state index in [2.05, 4.69) is 15.0 Å². The summed E-state index contributed by atoms with van der Waals surface area (Å²) in [5.41, 5.74) is 7.36. The van der Waals surface area contributed by atoms with E-state index in [1.807, 2.05) is 12.1 Å². The van der Waals surface area contributed by atoms with Gasteiger partial charge >= 0.3 is 0 Å². The molecule has 0 unspecified atom stereocenters. The molecule has 0 spiro atoms. The normalized spacial score (nSPS) is 10.4. The van der Waals surface area contributed by atoms with Crippen molar-refractivity contribution in [3.8, 4) is 45.8 Å². The summed E-state index contributed by atoms with van der Waals surface area (Å²) in [6, 6.07) is 10.8. The Balaban J connectivity index is 2.08. The van der Waals surface area contributed by atoms with Crippen LogP contribution in [-0.4, -0.2) is 43.4 Å². The topological polar surface area (TPSA) is 102 Å². The summed E-state index contributed by atoms with van der Waals surface area (Å²) in [5, 5.41) is 0. The van der Waals surface area contributed by atoms with Gasteiger partial charge in [-0.2, -0.15) is 9.97 Å². The van der Waals surface area contributed by atoms with Gasteiger partial charge in [0.1, 0.15) is 0 Å². The van der Waals surface area contributed by atoms with Crippen LogP contribution < -0.4 is 24.7 Å². The summed E-state index contributed by atoms with van der Waals surface area (Å²) >= 11 is 0. The Hall–Kier alpha value is -3.55. The summed E-state index contributed by atoms with van der Waals surface area (Å²) in [4.78, 5) is 13.0. The van der Waals surface area contributed by atoms with E-state index in [0.717, 1.165) is 11.1 Å². The Morgan fingerprint density at radius 3 is 1.37 bits per heavy atom. The average Bonchev–Trinajstić information content (AvgIpc) is 2.72. The van der Waals surface area contributed by atoms with Crippen molar-refractivity contribution >= 4 is 5.95 Å². The Bertz CT molecular complexity index is 889. The highest BCUT2D eigenvalue weighted by atomic mass is 16.5. The molecule has 0 aliphatic rings. The van der Waals surface area contributed by atoms with Crippen LogP contribution in [0.15, 0.2) is 36.4 Å².